The summed E-state index contributed by atoms with van der Waals surface area (Å²) < 4.78 is 5.45. The van der Waals surface area contributed by atoms with Gasteiger partial charge in [-0.05, 0) is 69.1 Å². The Morgan fingerprint density at radius 2 is 2.09 bits per heavy atom. The van der Waals surface area contributed by atoms with Crippen LogP contribution in [0.5, 0.6) is 0 Å². The molecular weight excluding hydrogens is 318 g/mol. The summed E-state index contributed by atoms with van der Waals surface area (Å²) in [6, 6.07) is 0. The molecule has 132 valence electrons. The Bertz CT molecular complexity index is 478. The second kappa shape index (κ2) is 8.12. The van der Waals surface area contributed by atoms with E-state index in [0.717, 1.165) is 12.5 Å². The van der Waals surface area contributed by atoms with Gasteiger partial charge in [0.25, 0.3) is 0 Å². The second-order valence-corrected chi connectivity index (χ2v) is 9.82. The van der Waals surface area contributed by atoms with Crippen LogP contribution in [0.3, 0.4) is 0 Å². The molecule has 0 amide bonds. The Hall–Kier alpha value is 0.300. The quantitative estimate of drug-likeness (QED) is 0.282. The van der Waals surface area contributed by atoms with Crippen molar-refractivity contribution < 1.29 is 4.52 Å². The van der Waals surface area contributed by atoms with E-state index in [1.54, 1.807) is 11.1 Å². The minimum Gasteiger partial charge on any atom is -0.354 e. The van der Waals surface area contributed by atoms with Gasteiger partial charge in [0.15, 0.2) is 0 Å². The Morgan fingerprint density at radius 1 is 1.35 bits per heavy atom. The van der Waals surface area contributed by atoms with Gasteiger partial charge in [-0.3, -0.25) is 0 Å². The van der Waals surface area contributed by atoms with Gasteiger partial charge in [-0.2, -0.15) is 0 Å². The maximum Gasteiger partial charge on any atom is 0.0693 e. The zero-order chi connectivity index (χ0) is 17.1. The van der Waals surface area contributed by atoms with Crippen LogP contribution in [0.2, 0.25) is 0 Å². The molecule has 3 unspecified atom stereocenters. The molecule has 0 heterocycles. The monoisotopic (exact) mass is 354 g/mol. The summed E-state index contributed by atoms with van der Waals surface area (Å²) >= 11 is 0. The molecule has 2 rings (SSSR count). The molecule has 0 radical (unpaired) electrons. The molecule has 0 aliphatic heterocycles. The van der Waals surface area contributed by atoms with Crippen molar-refractivity contribution in [1.29, 1.82) is 0 Å². The highest BCUT2D eigenvalue weighted by molar-refractivity contribution is 8.00. The molecule has 1 nitrogen and oxygen atoms in total. The Morgan fingerprint density at radius 3 is 2.78 bits per heavy atom. The fraction of sp³-hybridized carbons (Fsp3) is 0.800. The molecule has 3 heteroatoms. The zero-order valence-electron chi connectivity index (χ0n) is 15.8. The van der Waals surface area contributed by atoms with Crippen molar-refractivity contribution in [2.45, 2.75) is 79.6 Å². The molecule has 0 spiro atoms. The van der Waals surface area contributed by atoms with Gasteiger partial charge in [0.2, 0.25) is 0 Å². The Balaban J connectivity index is 2.11. The van der Waals surface area contributed by atoms with Crippen LogP contribution >= 0.6 is 17.4 Å². The standard InChI is InChI=1S/C20H36OP2/c1-15(11-14-21-23-22)7-9-17-16(2)8-10-18-19(3,4)12-6-13-20(17,18)5/h11,18,23H,6-10,12-14,22H2,1-5H3/b15-11+/t18?,20-/m0/s1. The van der Waals surface area contributed by atoms with Crippen molar-refractivity contribution in [2.24, 2.45) is 16.7 Å². The minimum absolute atomic E-state index is 0.447. The summed E-state index contributed by atoms with van der Waals surface area (Å²) in [6.07, 6.45) is 11.6. The van der Waals surface area contributed by atoms with Crippen molar-refractivity contribution in [3.8, 4) is 0 Å². The van der Waals surface area contributed by atoms with Gasteiger partial charge in [0, 0.05) is 8.50 Å². The second-order valence-electron chi connectivity index (χ2n) is 8.59. The summed E-state index contributed by atoms with van der Waals surface area (Å²) in [5, 5.41) is 0. The van der Waals surface area contributed by atoms with E-state index < -0.39 is 0 Å². The number of allylic oxidation sites excluding steroid dienone is 3. The van der Waals surface area contributed by atoms with Crippen LogP contribution in [-0.2, 0) is 4.52 Å². The molecule has 0 aromatic carbocycles. The highest BCUT2D eigenvalue weighted by atomic mass is 32.0. The average Bonchev–Trinajstić information content (AvgIpc) is 2.45. The first kappa shape index (κ1) is 19.6. The van der Waals surface area contributed by atoms with E-state index >= 15 is 0 Å². The third-order valence-corrected chi connectivity index (χ3v) is 7.44. The highest BCUT2D eigenvalue weighted by Crippen LogP contribution is 2.60. The third kappa shape index (κ3) is 4.48. The lowest BCUT2D eigenvalue weighted by Gasteiger charge is -2.55. The molecule has 2 aliphatic carbocycles. The van der Waals surface area contributed by atoms with E-state index in [1.165, 1.54) is 50.5 Å². The molecule has 0 saturated heterocycles. The van der Waals surface area contributed by atoms with Crippen molar-refractivity contribution in [3.05, 3.63) is 22.8 Å². The topological polar surface area (TPSA) is 9.23 Å². The van der Waals surface area contributed by atoms with E-state index in [9.17, 15) is 0 Å². The number of rotatable bonds is 6. The maximum atomic E-state index is 5.45. The Labute approximate surface area is 148 Å². The SMILES string of the molecule is CC1=C(CC/C(C)=C/COPP)[C@]2(C)CCCC(C)(C)C2CC1. The van der Waals surface area contributed by atoms with Crippen LogP contribution < -0.4 is 0 Å². The lowest BCUT2D eigenvalue weighted by Crippen LogP contribution is -2.45. The predicted molar refractivity (Wildman–Crippen MR) is 108 cm³/mol. The molecule has 0 aromatic heterocycles. The first-order chi connectivity index (χ1) is 10.8. The van der Waals surface area contributed by atoms with E-state index in [0.29, 0.717) is 19.3 Å². The van der Waals surface area contributed by atoms with E-state index in [-0.39, 0.29) is 0 Å². The largest absolute Gasteiger partial charge is 0.354 e. The van der Waals surface area contributed by atoms with E-state index in [1.807, 2.05) is 0 Å². The van der Waals surface area contributed by atoms with Crippen molar-refractivity contribution in [2.75, 3.05) is 6.61 Å². The minimum atomic E-state index is 0.447. The molecule has 4 atom stereocenters. The molecular formula is C20H36OP2. The van der Waals surface area contributed by atoms with Crippen LogP contribution in [0.4, 0.5) is 0 Å². The number of hydrogen-bond acceptors (Lipinski definition) is 1. The van der Waals surface area contributed by atoms with Crippen LogP contribution in [0.15, 0.2) is 22.8 Å². The molecule has 1 fully saturated rings. The third-order valence-electron chi connectivity index (χ3n) is 6.61. The summed E-state index contributed by atoms with van der Waals surface area (Å²) in [5.41, 5.74) is 5.93. The smallest absolute Gasteiger partial charge is 0.0693 e. The number of fused-ring (bicyclic) bond motifs is 1. The summed E-state index contributed by atoms with van der Waals surface area (Å²) in [5.74, 6) is 0.869. The number of hydrogen-bond donors (Lipinski definition) is 0. The highest BCUT2D eigenvalue weighted by Gasteiger charge is 2.49. The summed E-state index contributed by atoms with van der Waals surface area (Å²) in [6.45, 7) is 13.0. The van der Waals surface area contributed by atoms with Gasteiger partial charge in [0.05, 0.1) is 6.61 Å². The van der Waals surface area contributed by atoms with E-state index in [2.05, 4.69) is 49.6 Å². The molecule has 1 saturated carbocycles. The predicted octanol–water partition coefficient (Wildman–Crippen LogP) is 7.06. The van der Waals surface area contributed by atoms with E-state index in [4.69, 9.17) is 4.52 Å². The molecule has 23 heavy (non-hydrogen) atoms. The van der Waals surface area contributed by atoms with Crippen molar-refractivity contribution in [3.63, 3.8) is 0 Å². The average molecular weight is 354 g/mol. The summed E-state index contributed by atoms with van der Waals surface area (Å²) in [7, 11) is 3.15. The first-order valence-electron chi connectivity index (χ1n) is 9.23. The van der Waals surface area contributed by atoms with Crippen molar-refractivity contribution >= 4 is 17.4 Å². The molecule has 0 aromatic rings. The normalized spacial score (nSPS) is 31.7. The fourth-order valence-electron chi connectivity index (χ4n) is 5.35. The lowest BCUT2D eigenvalue weighted by molar-refractivity contribution is 0.0105. The van der Waals surface area contributed by atoms with Crippen LogP contribution in [0.25, 0.3) is 0 Å². The lowest BCUT2D eigenvalue weighted by atomic mass is 9.50. The molecule has 2 aliphatic rings. The van der Waals surface area contributed by atoms with Crippen LogP contribution in [0.1, 0.15) is 79.6 Å². The van der Waals surface area contributed by atoms with Gasteiger partial charge >= 0.3 is 0 Å². The first-order valence-corrected chi connectivity index (χ1v) is 11.9. The van der Waals surface area contributed by atoms with Crippen LogP contribution in [0, 0.1) is 16.7 Å². The van der Waals surface area contributed by atoms with Gasteiger partial charge in [-0.25, -0.2) is 0 Å². The fourth-order valence-corrected chi connectivity index (χ4v) is 5.82. The van der Waals surface area contributed by atoms with Crippen molar-refractivity contribution in [1.82, 2.24) is 0 Å². The maximum absolute atomic E-state index is 5.45. The van der Waals surface area contributed by atoms with Gasteiger partial charge in [-0.15, -0.1) is 0 Å². The zero-order valence-corrected chi connectivity index (χ0v) is 18.0. The Kier molecular flexibility index (Phi) is 6.93. The van der Waals surface area contributed by atoms with Gasteiger partial charge < -0.3 is 4.52 Å². The van der Waals surface area contributed by atoms with Gasteiger partial charge in [-0.1, -0.05) is 58.9 Å². The van der Waals surface area contributed by atoms with Crippen LogP contribution in [-0.4, -0.2) is 6.61 Å². The molecule has 0 N–H and O–H groups in total. The van der Waals surface area contributed by atoms with Gasteiger partial charge in [0.1, 0.15) is 0 Å². The summed E-state index contributed by atoms with van der Waals surface area (Å²) in [4.78, 5) is 0. The molecule has 0 bridgehead atoms.